The molecule has 30 heavy (non-hydrogen) atoms. The summed E-state index contributed by atoms with van der Waals surface area (Å²) in [7, 11) is 0. The molecule has 0 radical (unpaired) electrons. The predicted molar refractivity (Wildman–Crippen MR) is 124 cm³/mol. The van der Waals surface area contributed by atoms with E-state index in [1.165, 1.54) is 11.1 Å². The van der Waals surface area contributed by atoms with Crippen LogP contribution in [0.3, 0.4) is 0 Å². The Morgan fingerprint density at radius 3 is 2.53 bits per heavy atom. The first kappa shape index (κ1) is 21.8. The molecule has 6 atom stereocenters. The highest BCUT2D eigenvalue weighted by atomic mass is 16.3. The molecule has 0 aromatic carbocycles. The fourth-order valence-corrected chi connectivity index (χ4v) is 6.94. The lowest BCUT2D eigenvalue weighted by atomic mass is 9.53. The smallest absolute Gasteiger partial charge is 0.156 e. The summed E-state index contributed by atoms with van der Waals surface area (Å²) in [5.41, 5.74) is 3.73. The van der Waals surface area contributed by atoms with Crippen molar-refractivity contribution in [2.24, 2.45) is 34.5 Å². The molecule has 0 unspecified atom stereocenters. The SMILES string of the molecule is CC(C)[C@@H](C)C=C[C@](C)(O)[C@H]1CCC2=C3C=CC4=CC(=O)CC[C@]4(C)[C@H]3CC[C@@]21C. The summed E-state index contributed by atoms with van der Waals surface area (Å²) in [5.74, 6) is 2.12. The molecule has 1 N–H and O–H groups in total. The van der Waals surface area contributed by atoms with Crippen LogP contribution in [0.4, 0.5) is 0 Å². The maximum absolute atomic E-state index is 12.0. The van der Waals surface area contributed by atoms with Crippen molar-refractivity contribution in [1.82, 2.24) is 0 Å². The summed E-state index contributed by atoms with van der Waals surface area (Å²) in [5, 5.41) is 11.5. The molecule has 0 amide bonds. The molecule has 4 rings (SSSR count). The lowest BCUT2D eigenvalue weighted by Gasteiger charge is -2.51. The van der Waals surface area contributed by atoms with Gasteiger partial charge in [0.2, 0.25) is 0 Å². The normalized spacial score (nSPS) is 38.9. The third-order valence-electron chi connectivity index (χ3n) is 9.39. The van der Waals surface area contributed by atoms with Gasteiger partial charge in [0.1, 0.15) is 0 Å². The van der Waals surface area contributed by atoms with Gasteiger partial charge < -0.3 is 5.11 Å². The molecular weight excluding hydrogens is 368 g/mol. The minimum atomic E-state index is -0.780. The maximum atomic E-state index is 12.0. The Bertz CT molecular complexity index is 852. The third-order valence-corrected chi connectivity index (χ3v) is 9.39. The number of carbonyl (C=O) groups excluding carboxylic acids is 1. The van der Waals surface area contributed by atoms with Gasteiger partial charge in [-0.2, -0.15) is 0 Å². The second-order valence-corrected chi connectivity index (χ2v) is 11.5. The Morgan fingerprint density at radius 2 is 1.83 bits per heavy atom. The average molecular weight is 409 g/mol. The van der Waals surface area contributed by atoms with Crippen LogP contribution in [0, 0.1) is 34.5 Å². The number of rotatable bonds is 4. The highest BCUT2D eigenvalue weighted by Gasteiger charge is 2.55. The first-order valence-electron chi connectivity index (χ1n) is 12.1. The van der Waals surface area contributed by atoms with Crippen molar-refractivity contribution in [2.45, 2.75) is 85.7 Å². The highest BCUT2D eigenvalue weighted by molar-refractivity contribution is 5.92. The Kier molecular flexibility index (Phi) is 5.33. The van der Waals surface area contributed by atoms with Crippen LogP contribution in [0.5, 0.6) is 0 Å². The van der Waals surface area contributed by atoms with E-state index in [0.717, 1.165) is 32.1 Å². The second-order valence-electron chi connectivity index (χ2n) is 11.5. The molecule has 2 heteroatoms. The van der Waals surface area contributed by atoms with Crippen molar-refractivity contribution in [1.29, 1.82) is 0 Å². The van der Waals surface area contributed by atoms with Crippen LogP contribution in [0.25, 0.3) is 0 Å². The number of aliphatic hydroxyl groups is 1. The molecule has 1 saturated carbocycles. The number of fused-ring (bicyclic) bond motifs is 4. The molecule has 0 aliphatic heterocycles. The Hall–Kier alpha value is -1.41. The minimum Gasteiger partial charge on any atom is -0.386 e. The van der Waals surface area contributed by atoms with Gasteiger partial charge in [-0.25, -0.2) is 0 Å². The quantitative estimate of drug-likeness (QED) is 0.534. The average Bonchev–Trinajstić information content (AvgIpc) is 3.04. The predicted octanol–water partition coefficient (Wildman–Crippen LogP) is 6.57. The zero-order valence-corrected chi connectivity index (χ0v) is 19.8. The standard InChI is InChI=1S/C28H40O2/c1-18(2)19(3)11-16-28(6,30)25-10-9-23-22-8-7-20-17-21(29)12-14-26(20,4)24(22)13-15-27(23,25)5/h7-8,11,16-19,24-25,30H,9-10,12-15H2,1-6H3/t19-,24-,25-,26-,27-,28-/m0/s1. The summed E-state index contributed by atoms with van der Waals surface area (Å²) < 4.78 is 0. The van der Waals surface area contributed by atoms with Crippen molar-refractivity contribution in [3.63, 3.8) is 0 Å². The number of carbonyl (C=O) groups is 1. The van der Waals surface area contributed by atoms with Gasteiger partial charge in [-0.3, -0.25) is 4.79 Å². The third kappa shape index (κ3) is 3.30. The van der Waals surface area contributed by atoms with Crippen LogP contribution >= 0.6 is 0 Å². The molecule has 4 aliphatic rings. The molecular formula is C28H40O2. The first-order valence-corrected chi connectivity index (χ1v) is 12.1. The van der Waals surface area contributed by atoms with E-state index in [1.54, 1.807) is 5.57 Å². The fraction of sp³-hybridized carbons (Fsp3) is 0.679. The van der Waals surface area contributed by atoms with Gasteiger partial charge in [0, 0.05) is 12.3 Å². The Morgan fingerprint density at radius 1 is 1.10 bits per heavy atom. The first-order chi connectivity index (χ1) is 14.0. The lowest BCUT2D eigenvalue weighted by molar-refractivity contribution is -0.116. The van der Waals surface area contributed by atoms with Gasteiger partial charge in [-0.05, 0) is 84.8 Å². The van der Waals surface area contributed by atoms with Crippen LogP contribution in [0.15, 0.2) is 47.1 Å². The summed E-state index contributed by atoms with van der Waals surface area (Å²) in [6, 6.07) is 0. The van der Waals surface area contributed by atoms with Gasteiger partial charge in [0.15, 0.2) is 5.78 Å². The maximum Gasteiger partial charge on any atom is 0.156 e. The van der Waals surface area contributed by atoms with E-state index in [4.69, 9.17) is 0 Å². The fourth-order valence-electron chi connectivity index (χ4n) is 6.94. The zero-order valence-electron chi connectivity index (χ0n) is 19.8. The van der Waals surface area contributed by atoms with E-state index in [1.807, 2.05) is 13.0 Å². The van der Waals surface area contributed by atoms with Crippen LogP contribution in [0.2, 0.25) is 0 Å². The largest absolute Gasteiger partial charge is 0.386 e. The summed E-state index contributed by atoms with van der Waals surface area (Å²) in [6.07, 6.45) is 16.8. The topological polar surface area (TPSA) is 37.3 Å². The number of allylic oxidation sites excluding steroid dienone is 7. The summed E-state index contributed by atoms with van der Waals surface area (Å²) >= 11 is 0. The minimum absolute atomic E-state index is 0.0626. The van der Waals surface area contributed by atoms with Gasteiger partial charge in [0.25, 0.3) is 0 Å². The van der Waals surface area contributed by atoms with E-state index < -0.39 is 5.60 Å². The zero-order chi connectivity index (χ0) is 21.9. The lowest BCUT2D eigenvalue weighted by Crippen LogP contribution is -2.45. The van der Waals surface area contributed by atoms with Gasteiger partial charge in [-0.1, -0.05) is 64.5 Å². The number of hydrogen-bond acceptors (Lipinski definition) is 2. The van der Waals surface area contributed by atoms with Crippen LogP contribution in [-0.4, -0.2) is 16.5 Å². The summed E-state index contributed by atoms with van der Waals surface area (Å²) in [4.78, 5) is 12.0. The summed E-state index contributed by atoms with van der Waals surface area (Å²) in [6.45, 7) is 13.5. The Balaban J connectivity index is 1.69. The molecule has 164 valence electrons. The van der Waals surface area contributed by atoms with Gasteiger partial charge >= 0.3 is 0 Å². The highest BCUT2D eigenvalue weighted by Crippen LogP contribution is 2.64. The molecule has 2 nitrogen and oxygen atoms in total. The second kappa shape index (κ2) is 7.33. The molecule has 1 fully saturated rings. The van der Waals surface area contributed by atoms with Crippen molar-refractivity contribution in [2.75, 3.05) is 0 Å². The van der Waals surface area contributed by atoms with Gasteiger partial charge in [-0.15, -0.1) is 0 Å². The molecule has 0 spiro atoms. The van der Waals surface area contributed by atoms with E-state index >= 15 is 0 Å². The van der Waals surface area contributed by atoms with E-state index in [0.29, 0.717) is 24.2 Å². The van der Waals surface area contributed by atoms with Crippen molar-refractivity contribution in [3.8, 4) is 0 Å². The van der Waals surface area contributed by atoms with E-state index in [2.05, 4.69) is 58.9 Å². The molecule has 4 aliphatic carbocycles. The monoisotopic (exact) mass is 408 g/mol. The Labute approximate surface area is 183 Å². The molecule has 0 heterocycles. The van der Waals surface area contributed by atoms with Crippen molar-refractivity contribution >= 4 is 5.78 Å². The van der Waals surface area contributed by atoms with Crippen molar-refractivity contribution < 1.29 is 9.90 Å². The van der Waals surface area contributed by atoms with Crippen LogP contribution < -0.4 is 0 Å². The van der Waals surface area contributed by atoms with Crippen LogP contribution in [-0.2, 0) is 4.79 Å². The molecule has 0 saturated heterocycles. The number of hydrogen-bond donors (Lipinski definition) is 1. The van der Waals surface area contributed by atoms with Gasteiger partial charge in [0.05, 0.1) is 5.60 Å². The van der Waals surface area contributed by atoms with E-state index in [-0.39, 0.29) is 22.5 Å². The van der Waals surface area contributed by atoms with E-state index in [9.17, 15) is 9.90 Å². The molecule has 0 bridgehead atoms. The molecule has 0 aromatic heterocycles. The van der Waals surface area contributed by atoms with Crippen LogP contribution in [0.1, 0.15) is 80.1 Å². The number of ketones is 1. The molecule has 0 aromatic rings. The van der Waals surface area contributed by atoms with Crippen molar-refractivity contribution in [3.05, 3.63) is 47.1 Å².